The molecule has 38 heavy (non-hydrogen) atoms. The Morgan fingerprint density at radius 3 is 2.79 bits per heavy atom. The maximum absolute atomic E-state index is 13.8. The van der Waals surface area contributed by atoms with Gasteiger partial charge in [0.25, 0.3) is 0 Å². The van der Waals surface area contributed by atoms with Gasteiger partial charge in [0.15, 0.2) is 10.9 Å². The lowest BCUT2D eigenvalue weighted by Gasteiger charge is -2.36. The molecule has 2 aliphatic rings. The highest BCUT2D eigenvalue weighted by atomic mass is 32.1. The van der Waals surface area contributed by atoms with Crippen molar-refractivity contribution in [1.82, 2.24) is 24.5 Å². The van der Waals surface area contributed by atoms with E-state index in [2.05, 4.69) is 11.0 Å². The number of piperidine rings is 1. The number of halogens is 1. The van der Waals surface area contributed by atoms with Crippen LogP contribution in [0.4, 0.5) is 25.3 Å². The van der Waals surface area contributed by atoms with Gasteiger partial charge < -0.3 is 20.4 Å². The van der Waals surface area contributed by atoms with Crippen molar-refractivity contribution in [3.05, 3.63) is 34.2 Å². The summed E-state index contributed by atoms with van der Waals surface area (Å²) in [6.45, 7) is 5.49. The molecule has 2 amide bonds. The van der Waals surface area contributed by atoms with Crippen molar-refractivity contribution in [3.63, 3.8) is 0 Å². The molecule has 1 saturated heterocycles. The number of urea groups is 1. The van der Waals surface area contributed by atoms with Crippen LogP contribution in [0.15, 0.2) is 18.0 Å². The van der Waals surface area contributed by atoms with Gasteiger partial charge >= 0.3 is 6.03 Å². The lowest BCUT2D eigenvalue weighted by atomic mass is 9.90. The number of nitrogens with zero attached hydrogens (tertiary/aromatic N) is 8. The van der Waals surface area contributed by atoms with Gasteiger partial charge in [-0.1, -0.05) is 42.6 Å². The van der Waals surface area contributed by atoms with Gasteiger partial charge in [0.05, 0.1) is 17.4 Å². The Labute approximate surface area is 228 Å². The summed E-state index contributed by atoms with van der Waals surface area (Å²) in [4.78, 5) is 28.4. The number of nitrogens with two attached hydrogens (primary N) is 1. The summed E-state index contributed by atoms with van der Waals surface area (Å²) in [6.07, 6.45) is 6.03. The number of hydrogen-bond acceptors (Lipinski definition) is 9. The molecule has 2 N–H and O–H groups in total. The van der Waals surface area contributed by atoms with Crippen molar-refractivity contribution in [3.8, 4) is 6.07 Å². The maximum atomic E-state index is 13.8. The molecule has 1 aliphatic heterocycles. The molecule has 0 spiro atoms. The average molecular weight is 556 g/mol. The molecule has 0 radical (unpaired) electrons. The highest BCUT2D eigenvalue weighted by Crippen LogP contribution is 2.40. The number of thiazole rings is 1. The number of fused-ring (bicyclic) bond motifs is 1. The number of nitriles is 1. The maximum Gasteiger partial charge on any atom is 0.314 e. The number of amides is 2. The molecule has 1 fully saturated rings. The van der Waals surface area contributed by atoms with Crippen LogP contribution in [0.2, 0.25) is 0 Å². The first kappa shape index (κ1) is 26.1. The molecule has 4 heterocycles. The van der Waals surface area contributed by atoms with E-state index in [-0.39, 0.29) is 17.8 Å². The zero-order valence-electron chi connectivity index (χ0n) is 21.8. The van der Waals surface area contributed by atoms with Crippen molar-refractivity contribution in [2.75, 3.05) is 37.0 Å². The number of primary amides is 1. The van der Waals surface area contributed by atoms with E-state index < -0.39 is 6.03 Å². The number of allylic oxidation sites excluding steroid dienone is 4. The monoisotopic (exact) mass is 555 g/mol. The van der Waals surface area contributed by atoms with Gasteiger partial charge in [-0.25, -0.2) is 19.2 Å². The third kappa shape index (κ3) is 4.63. The van der Waals surface area contributed by atoms with Crippen LogP contribution in [0, 0.1) is 17.2 Å². The number of aromatic nitrogens is 4. The summed E-state index contributed by atoms with van der Waals surface area (Å²) >= 11 is 2.81. The quantitative estimate of drug-likeness (QED) is 0.468. The van der Waals surface area contributed by atoms with Crippen molar-refractivity contribution in [2.45, 2.75) is 45.6 Å². The molecular formula is C25H30FN9OS2. The first-order valence-corrected chi connectivity index (χ1v) is 14.2. The van der Waals surface area contributed by atoms with Crippen molar-refractivity contribution in [1.29, 1.82) is 5.26 Å². The fraction of sp³-hybridized carbons (Fsp3) is 0.480. The first-order valence-electron chi connectivity index (χ1n) is 12.6. The van der Waals surface area contributed by atoms with E-state index in [1.807, 2.05) is 30.3 Å². The molecule has 10 nitrogen and oxygen atoms in total. The Morgan fingerprint density at radius 1 is 1.32 bits per heavy atom. The Hall–Kier alpha value is -3.50. The minimum absolute atomic E-state index is 0.0313. The Kier molecular flexibility index (Phi) is 7.11. The second kappa shape index (κ2) is 10.3. The van der Waals surface area contributed by atoms with E-state index in [1.165, 1.54) is 28.7 Å². The molecule has 1 aliphatic carbocycles. The van der Waals surface area contributed by atoms with E-state index in [4.69, 9.17) is 20.8 Å². The number of likely N-dealkylation sites (N-methyl/N-ethyl adjacent to an activating group) is 1. The Bertz CT molecular complexity index is 1480. The van der Waals surface area contributed by atoms with Crippen LogP contribution in [-0.2, 0) is 6.42 Å². The number of aryl methyl sites for hydroxylation is 1. The van der Waals surface area contributed by atoms with Crippen LogP contribution in [0.25, 0.3) is 10.5 Å². The predicted octanol–water partition coefficient (Wildman–Crippen LogP) is 4.71. The zero-order chi connectivity index (χ0) is 27.1. The van der Waals surface area contributed by atoms with E-state index in [9.17, 15) is 14.4 Å². The smallest absolute Gasteiger partial charge is 0.314 e. The number of carbonyl (C=O) groups excluding carboxylic acids is 1. The second-order valence-corrected chi connectivity index (χ2v) is 11.6. The van der Waals surface area contributed by atoms with Gasteiger partial charge in [0, 0.05) is 33.6 Å². The normalized spacial score (nSPS) is 19.7. The molecule has 1 unspecified atom stereocenters. The summed E-state index contributed by atoms with van der Waals surface area (Å²) in [5.41, 5.74) is 7.86. The van der Waals surface area contributed by atoms with Crippen LogP contribution in [-0.4, -0.2) is 63.7 Å². The summed E-state index contributed by atoms with van der Waals surface area (Å²) in [5, 5.41) is 16.2. The minimum atomic E-state index is -0.429. The van der Waals surface area contributed by atoms with E-state index >= 15 is 0 Å². The van der Waals surface area contributed by atoms with Crippen LogP contribution < -0.4 is 15.5 Å². The van der Waals surface area contributed by atoms with Gasteiger partial charge in [-0.05, 0) is 36.8 Å². The Balaban J connectivity index is 1.49. The van der Waals surface area contributed by atoms with Gasteiger partial charge in [-0.2, -0.15) is 9.78 Å². The molecule has 2 atom stereocenters. The fourth-order valence-electron chi connectivity index (χ4n) is 5.04. The van der Waals surface area contributed by atoms with Gasteiger partial charge in [-0.15, -0.1) is 5.10 Å². The predicted molar refractivity (Wildman–Crippen MR) is 149 cm³/mol. The van der Waals surface area contributed by atoms with E-state index in [0.29, 0.717) is 35.1 Å². The molecule has 200 valence electrons. The standard InChI is InChI=1S/C25H30FN9OS2/c1-5-18-21(33(4)23-30-20(19(12-27)37-23)17-9-8-15(26)11-14(17)2)35-24(29-18)38-25(31-35)34-10-6-7-16(13-34)32(3)22(28)36/h8-9,14,16H,5-7,10-11,13H2,1-4H3,(H2,28,36)/t14?,16-/m1/s1. The lowest BCUT2D eigenvalue weighted by molar-refractivity contribution is 0.192. The minimum Gasteiger partial charge on any atom is -0.351 e. The number of carbonyl (C=O) groups is 1. The molecular weight excluding hydrogens is 525 g/mol. The lowest BCUT2D eigenvalue weighted by Crippen LogP contribution is -2.50. The molecule has 13 heteroatoms. The van der Waals surface area contributed by atoms with Crippen molar-refractivity contribution >= 4 is 55.3 Å². The molecule has 0 saturated carbocycles. The highest BCUT2D eigenvalue weighted by Gasteiger charge is 2.30. The number of imidazole rings is 1. The third-order valence-corrected chi connectivity index (χ3v) is 9.21. The van der Waals surface area contributed by atoms with Gasteiger partial charge in [0.2, 0.25) is 10.1 Å². The van der Waals surface area contributed by atoms with Crippen LogP contribution in [0.5, 0.6) is 0 Å². The largest absolute Gasteiger partial charge is 0.351 e. The molecule has 3 aromatic rings. The summed E-state index contributed by atoms with van der Waals surface area (Å²) in [7, 11) is 3.64. The van der Waals surface area contributed by atoms with Crippen molar-refractivity contribution in [2.24, 2.45) is 11.7 Å². The number of anilines is 3. The summed E-state index contributed by atoms with van der Waals surface area (Å²) in [5.74, 6) is 0.569. The van der Waals surface area contributed by atoms with Gasteiger partial charge in [-0.3, -0.25) is 0 Å². The number of hydrogen-bond donors (Lipinski definition) is 1. The third-order valence-electron chi connectivity index (χ3n) is 7.21. The van der Waals surface area contributed by atoms with Gasteiger partial charge in [0.1, 0.15) is 16.8 Å². The molecule has 0 aromatic carbocycles. The highest BCUT2D eigenvalue weighted by molar-refractivity contribution is 7.20. The zero-order valence-corrected chi connectivity index (χ0v) is 23.4. The molecule has 5 rings (SSSR count). The van der Waals surface area contributed by atoms with Crippen LogP contribution >= 0.6 is 22.7 Å². The van der Waals surface area contributed by atoms with Crippen LogP contribution in [0.3, 0.4) is 0 Å². The van der Waals surface area contributed by atoms with Crippen LogP contribution in [0.1, 0.15) is 49.4 Å². The summed E-state index contributed by atoms with van der Waals surface area (Å²) in [6, 6.07) is 1.88. The second-order valence-electron chi connectivity index (χ2n) is 9.69. The fourth-order valence-corrected chi connectivity index (χ4v) is 6.84. The number of rotatable bonds is 6. The summed E-state index contributed by atoms with van der Waals surface area (Å²) < 4.78 is 15.6. The molecule has 0 bridgehead atoms. The van der Waals surface area contributed by atoms with E-state index in [1.54, 1.807) is 18.0 Å². The average Bonchev–Trinajstić information content (AvgIpc) is 3.60. The van der Waals surface area contributed by atoms with Crippen molar-refractivity contribution < 1.29 is 9.18 Å². The topological polar surface area (TPSA) is 120 Å². The Morgan fingerprint density at radius 2 is 2.11 bits per heavy atom. The first-order chi connectivity index (χ1) is 18.2. The molecule has 3 aromatic heterocycles. The van der Waals surface area contributed by atoms with E-state index in [0.717, 1.165) is 46.6 Å². The SMILES string of the molecule is CCc1nc2sc(N3CCC[C@@H](N(C)C(N)=O)C3)nn2c1N(C)c1nc(C2=CC=C(F)CC2C)c(C#N)s1.